The Balaban J connectivity index is 1.24. The molecule has 1 fully saturated rings. The first-order valence-corrected chi connectivity index (χ1v) is 12.0. The van der Waals surface area contributed by atoms with E-state index in [1.807, 2.05) is 30.3 Å². The lowest BCUT2D eigenvalue weighted by molar-refractivity contribution is 0.0374. The largest absolute Gasteiger partial charge is 0.486 e. The highest BCUT2D eigenvalue weighted by atomic mass is 32.1. The first-order valence-electron chi connectivity index (χ1n) is 11.2. The quantitative estimate of drug-likeness (QED) is 0.429. The Morgan fingerprint density at radius 2 is 1.85 bits per heavy atom. The van der Waals surface area contributed by atoms with Crippen molar-refractivity contribution in [1.82, 2.24) is 20.4 Å². The number of para-hydroxylation sites is 1. The minimum absolute atomic E-state index is 0.172. The first kappa shape index (κ1) is 23.8. The van der Waals surface area contributed by atoms with Crippen LogP contribution < -0.4 is 15.4 Å². The Morgan fingerprint density at radius 3 is 2.68 bits per heavy atom. The van der Waals surface area contributed by atoms with Crippen LogP contribution in [-0.4, -0.2) is 66.3 Å². The Morgan fingerprint density at radius 1 is 1.03 bits per heavy atom. The molecule has 0 aliphatic carbocycles. The summed E-state index contributed by atoms with van der Waals surface area (Å²) in [5.74, 6) is 0.167. The van der Waals surface area contributed by atoms with Crippen LogP contribution >= 0.6 is 11.3 Å². The minimum Gasteiger partial charge on any atom is -0.486 e. The predicted octanol–water partition coefficient (Wildman–Crippen LogP) is 2.82. The molecule has 0 atom stereocenters. The van der Waals surface area contributed by atoms with Crippen LogP contribution in [-0.2, 0) is 11.3 Å². The number of ether oxygens (including phenoxy) is 2. The lowest BCUT2D eigenvalue weighted by Crippen LogP contribution is -2.38. The smallest absolute Gasteiger partial charge is 0.286 e. The van der Waals surface area contributed by atoms with Crippen molar-refractivity contribution < 1.29 is 19.1 Å². The van der Waals surface area contributed by atoms with Gasteiger partial charge in [-0.05, 0) is 43.3 Å². The number of anilines is 1. The minimum atomic E-state index is -0.383. The average molecular weight is 482 g/mol. The van der Waals surface area contributed by atoms with E-state index < -0.39 is 0 Å². The molecule has 2 aromatic carbocycles. The maximum absolute atomic E-state index is 12.6. The van der Waals surface area contributed by atoms with E-state index in [0.717, 1.165) is 56.4 Å². The van der Waals surface area contributed by atoms with Gasteiger partial charge in [-0.15, -0.1) is 10.2 Å². The third-order valence-electron chi connectivity index (χ3n) is 5.19. The van der Waals surface area contributed by atoms with Crippen molar-refractivity contribution >= 4 is 28.8 Å². The van der Waals surface area contributed by atoms with Crippen molar-refractivity contribution in [3.05, 3.63) is 70.2 Å². The van der Waals surface area contributed by atoms with Gasteiger partial charge in [0.05, 0.1) is 13.2 Å². The number of nitrogens with one attached hydrogen (secondary N) is 2. The fraction of sp³-hybridized carbons (Fsp3) is 0.333. The van der Waals surface area contributed by atoms with Gasteiger partial charge in [0, 0.05) is 30.9 Å². The van der Waals surface area contributed by atoms with E-state index in [4.69, 9.17) is 9.47 Å². The summed E-state index contributed by atoms with van der Waals surface area (Å²) in [5, 5.41) is 14.5. The van der Waals surface area contributed by atoms with E-state index in [0.29, 0.717) is 22.8 Å². The topological polar surface area (TPSA) is 106 Å². The number of nitrogens with zero attached hydrogens (tertiary/aromatic N) is 3. The van der Waals surface area contributed by atoms with Crippen LogP contribution in [0.5, 0.6) is 5.75 Å². The lowest BCUT2D eigenvalue weighted by atomic mass is 10.2. The summed E-state index contributed by atoms with van der Waals surface area (Å²) in [4.78, 5) is 27.4. The van der Waals surface area contributed by atoms with Crippen LogP contribution in [0.1, 0.15) is 31.6 Å². The molecule has 3 aromatic rings. The molecule has 2 N–H and O–H groups in total. The molecule has 0 radical (unpaired) electrons. The van der Waals surface area contributed by atoms with Crippen molar-refractivity contribution in [3.8, 4) is 5.75 Å². The second-order valence-electron chi connectivity index (χ2n) is 7.70. The van der Waals surface area contributed by atoms with Gasteiger partial charge in [0.25, 0.3) is 11.8 Å². The van der Waals surface area contributed by atoms with Crippen LogP contribution in [0.4, 0.5) is 5.69 Å². The molecule has 0 saturated carbocycles. The van der Waals surface area contributed by atoms with Gasteiger partial charge in [0.15, 0.2) is 5.01 Å². The molecule has 2 amide bonds. The van der Waals surface area contributed by atoms with Crippen LogP contribution in [0.15, 0.2) is 54.6 Å². The summed E-state index contributed by atoms with van der Waals surface area (Å²) in [7, 11) is 0. The van der Waals surface area contributed by atoms with E-state index in [-0.39, 0.29) is 23.4 Å². The molecule has 1 aliphatic rings. The third kappa shape index (κ3) is 7.08. The maximum atomic E-state index is 12.6. The van der Waals surface area contributed by atoms with Gasteiger partial charge in [-0.25, -0.2) is 0 Å². The van der Waals surface area contributed by atoms with Crippen molar-refractivity contribution in [3.63, 3.8) is 0 Å². The monoisotopic (exact) mass is 481 g/mol. The number of aromatic nitrogens is 2. The van der Waals surface area contributed by atoms with Crippen molar-refractivity contribution in [1.29, 1.82) is 0 Å². The molecular formula is C24H27N5O4S. The molecule has 1 aliphatic heterocycles. The summed E-state index contributed by atoms with van der Waals surface area (Å²) in [6.45, 7) is 5.16. The highest BCUT2D eigenvalue weighted by molar-refractivity contribution is 7.13. The third-order valence-corrected chi connectivity index (χ3v) is 6.09. The fourth-order valence-electron chi connectivity index (χ4n) is 3.42. The van der Waals surface area contributed by atoms with Gasteiger partial charge >= 0.3 is 0 Å². The van der Waals surface area contributed by atoms with Crippen LogP contribution in [0.3, 0.4) is 0 Å². The normalized spacial score (nSPS) is 13.9. The zero-order valence-electron chi connectivity index (χ0n) is 18.7. The predicted molar refractivity (Wildman–Crippen MR) is 129 cm³/mol. The number of carbonyl (C=O) groups is 2. The van der Waals surface area contributed by atoms with Gasteiger partial charge in [0.2, 0.25) is 5.01 Å². The molecule has 0 spiro atoms. The molecule has 4 rings (SSSR count). The van der Waals surface area contributed by atoms with Crippen LogP contribution in [0.2, 0.25) is 0 Å². The van der Waals surface area contributed by atoms with E-state index >= 15 is 0 Å². The summed E-state index contributed by atoms with van der Waals surface area (Å²) in [6.07, 6.45) is 0.871. The second-order valence-corrected chi connectivity index (χ2v) is 8.76. The van der Waals surface area contributed by atoms with Gasteiger partial charge < -0.3 is 20.1 Å². The maximum Gasteiger partial charge on any atom is 0.286 e. The Labute approximate surface area is 202 Å². The summed E-state index contributed by atoms with van der Waals surface area (Å²) < 4.78 is 11.0. The molecule has 2 heterocycles. The Kier molecular flexibility index (Phi) is 8.55. The Hall–Kier alpha value is -3.34. The molecule has 9 nitrogen and oxygen atoms in total. The highest BCUT2D eigenvalue weighted by Gasteiger charge is 2.15. The standard InChI is InChI=1S/C24H27N5O4S/c30-22(25-10-5-11-29-12-14-32-15-13-29)18-6-4-7-19(16-18)26-23(31)24-28-27-21(34-24)17-33-20-8-2-1-3-9-20/h1-4,6-9,16H,5,10-15,17H2,(H,25,30)(H,26,31). The van der Waals surface area contributed by atoms with Crippen LogP contribution in [0.25, 0.3) is 0 Å². The van der Waals surface area contributed by atoms with Crippen molar-refractivity contribution in [2.24, 2.45) is 0 Å². The molecule has 1 saturated heterocycles. The molecule has 1 aromatic heterocycles. The number of hydrogen-bond donors (Lipinski definition) is 2. The van der Waals surface area contributed by atoms with E-state index in [2.05, 4.69) is 25.7 Å². The highest BCUT2D eigenvalue weighted by Crippen LogP contribution is 2.17. The molecular weight excluding hydrogens is 454 g/mol. The van der Waals surface area contributed by atoms with Gasteiger partial charge in [-0.1, -0.05) is 35.6 Å². The first-order chi connectivity index (χ1) is 16.7. The van der Waals surface area contributed by atoms with Crippen molar-refractivity contribution in [2.45, 2.75) is 13.0 Å². The number of amides is 2. The van der Waals surface area contributed by atoms with E-state index in [9.17, 15) is 9.59 Å². The van der Waals surface area contributed by atoms with Gasteiger partial charge in [-0.2, -0.15) is 0 Å². The zero-order chi connectivity index (χ0) is 23.6. The number of benzene rings is 2. The Bertz CT molecular complexity index is 1090. The second kappa shape index (κ2) is 12.2. The lowest BCUT2D eigenvalue weighted by Gasteiger charge is -2.26. The number of rotatable bonds is 10. The molecule has 0 unspecified atom stereocenters. The number of morpholine rings is 1. The zero-order valence-corrected chi connectivity index (χ0v) is 19.6. The van der Waals surface area contributed by atoms with E-state index in [1.54, 1.807) is 24.3 Å². The molecule has 178 valence electrons. The van der Waals surface area contributed by atoms with Gasteiger partial charge in [-0.3, -0.25) is 14.5 Å². The fourth-order valence-corrected chi connectivity index (χ4v) is 4.07. The van der Waals surface area contributed by atoms with E-state index in [1.165, 1.54) is 0 Å². The van der Waals surface area contributed by atoms with Crippen LogP contribution in [0, 0.1) is 0 Å². The molecule has 34 heavy (non-hydrogen) atoms. The summed E-state index contributed by atoms with van der Waals surface area (Å²) in [5.41, 5.74) is 1.00. The average Bonchev–Trinajstić information content (AvgIpc) is 3.36. The number of hydrogen-bond acceptors (Lipinski definition) is 8. The van der Waals surface area contributed by atoms with Gasteiger partial charge in [0.1, 0.15) is 12.4 Å². The SMILES string of the molecule is O=C(NCCCN1CCOCC1)c1cccc(NC(=O)c2nnc(COc3ccccc3)s2)c1. The molecule has 0 bridgehead atoms. The number of carbonyl (C=O) groups excluding carboxylic acids is 2. The van der Waals surface area contributed by atoms with Crippen molar-refractivity contribution in [2.75, 3.05) is 44.7 Å². The summed E-state index contributed by atoms with van der Waals surface area (Å²) in [6, 6.07) is 16.2. The molecule has 10 heteroatoms. The summed E-state index contributed by atoms with van der Waals surface area (Å²) >= 11 is 1.16.